The van der Waals surface area contributed by atoms with E-state index in [1.54, 1.807) is 11.8 Å². The van der Waals surface area contributed by atoms with Gasteiger partial charge in [-0.2, -0.15) is 0 Å². The second kappa shape index (κ2) is 8.57. The maximum atomic E-state index is 12.3. The van der Waals surface area contributed by atoms with Crippen LogP contribution in [-0.2, 0) is 9.59 Å². The van der Waals surface area contributed by atoms with Crippen LogP contribution in [0, 0.1) is 0 Å². The molecule has 1 aliphatic rings. The SMILES string of the molecule is CC(=O)N(c1nnc(SC(C)C(=O)Nc2ccc(OC(F)(F)F)cc2)s1)C1CC1. The van der Waals surface area contributed by atoms with Crippen LogP contribution in [0.2, 0.25) is 0 Å². The molecule has 1 fully saturated rings. The van der Waals surface area contributed by atoms with E-state index in [9.17, 15) is 22.8 Å². The van der Waals surface area contributed by atoms with Crippen molar-refractivity contribution in [2.24, 2.45) is 0 Å². The van der Waals surface area contributed by atoms with Crippen LogP contribution in [0.1, 0.15) is 26.7 Å². The van der Waals surface area contributed by atoms with Crippen LogP contribution >= 0.6 is 23.1 Å². The summed E-state index contributed by atoms with van der Waals surface area (Å²) < 4.78 is 40.9. The third-order valence-corrected chi connectivity index (χ3v) is 5.96. The van der Waals surface area contributed by atoms with E-state index in [2.05, 4.69) is 20.3 Å². The summed E-state index contributed by atoms with van der Waals surface area (Å²) in [5.41, 5.74) is 0.339. The average Bonchev–Trinajstić information content (AvgIpc) is 3.34. The van der Waals surface area contributed by atoms with Crippen molar-refractivity contribution in [1.29, 1.82) is 0 Å². The highest BCUT2D eigenvalue weighted by Crippen LogP contribution is 2.37. The number of halogens is 3. The Morgan fingerprint density at radius 2 is 1.93 bits per heavy atom. The van der Waals surface area contributed by atoms with E-state index >= 15 is 0 Å². The molecule has 2 amide bonds. The van der Waals surface area contributed by atoms with Gasteiger partial charge in [0, 0.05) is 18.7 Å². The first-order chi connectivity index (χ1) is 13.6. The number of hydrogen-bond donors (Lipinski definition) is 1. The molecule has 1 heterocycles. The van der Waals surface area contributed by atoms with Crippen molar-refractivity contribution >= 4 is 45.7 Å². The number of carbonyl (C=O) groups excluding carboxylic acids is 2. The summed E-state index contributed by atoms with van der Waals surface area (Å²) >= 11 is 2.43. The van der Waals surface area contributed by atoms with Crippen molar-refractivity contribution < 1.29 is 27.5 Å². The lowest BCUT2D eigenvalue weighted by Gasteiger charge is -2.15. The number of aromatic nitrogens is 2. The molecule has 2 aromatic rings. The van der Waals surface area contributed by atoms with Gasteiger partial charge in [-0.3, -0.25) is 14.5 Å². The normalized spacial score (nSPS) is 14.9. The minimum atomic E-state index is -4.77. The Morgan fingerprint density at radius 3 is 2.48 bits per heavy atom. The Labute approximate surface area is 172 Å². The maximum absolute atomic E-state index is 12.3. The van der Waals surface area contributed by atoms with Crippen LogP contribution in [0.5, 0.6) is 5.75 Å². The second-order valence-electron chi connectivity index (χ2n) is 6.29. The Kier molecular flexibility index (Phi) is 6.32. The lowest BCUT2D eigenvalue weighted by molar-refractivity contribution is -0.274. The van der Waals surface area contributed by atoms with Gasteiger partial charge < -0.3 is 10.1 Å². The number of rotatable bonds is 7. The molecular weight excluding hydrogens is 429 g/mol. The second-order valence-corrected chi connectivity index (χ2v) is 8.84. The molecule has 0 saturated heterocycles. The van der Waals surface area contributed by atoms with Gasteiger partial charge in [-0.05, 0) is 44.0 Å². The van der Waals surface area contributed by atoms with Gasteiger partial charge in [0.1, 0.15) is 5.75 Å². The highest BCUT2D eigenvalue weighted by atomic mass is 32.2. The molecule has 29 heavy (non-hydrogen) atoms. The van der Waals surface area contributed by atoms with E-state index < -0.39 is 11.6 Å². The molecule has 1 atom stereocenters. The number of ether oxygens (including phenoxy) is 1. The van der Waals surface area contributed by atoms with E-state index in [0.29, 0.717) is 15.2 Å². The molecule has 0 radical (unpaired) electrons. The smallest absolute Gasteiger partial charge is 0.406 e. The van der Waals surface area contributed by atoms with Crippen LogP contribution in [0.3, 0.4) is 0 Å². The zero-order valence-corrected chi connectivity index (χ0v) is 17.0. The first-order valence-electron chi connectivity index (χ1n) is 8.59. The molecule has 0 aliphatic heterocycles. The van der Waals surface area contributed by atoms with E-state index in [1.165, 1.54) is 42.2 Å². The van der Waals surface area contributed by atoms with Crippen LogP contribution in [0.15, 0.2) is 28.6 Å². The Balaban J connectivity index is 1.56. The third-order valence-electron chi connectivity index (χ3n) is 3.86. The Bertz CT molecular complexity index is 885. The lowest BCUT2D eigenvalue weighted by atomic mass is 10.3. The molecule has 3 rings (SSSR count). The molecule has 1 N–H and O–H groups in total. The highest BCUT2D eigenvalue weighted by Gasteiger charge is 2.34. The van der Waals surface area contributed by atoms with Crippen molar-refractivity contribution in [1.82, 2.24) is 10.2 Å². The van der Waals surface area contributed by atoms with E-state index in [0.717, 1.165) is 25.0 Å². The van der Waals surface area contributed by atoms with Gasteiger partial charge in [0.2, 0.25) is 16.9 Å². The fourth-order valence-corrected chi connectivity index (χ4v) is 4.52. The molecule has 1 aromatic carbocycles. The fourth-order valence-electron chi connectivity index (χ4n) is 2.42. The summed E-state index contributed by atoms with van der Waals surface area (Å²) in [5.74, 6) is -0.809. The maximum Gasteiger partial charge on any atom is 0.573 e. The zero-order valence-electron chi connectivity index (χ0n) is 15.4. The highest BCUT2D eigenvalue weighted by molar-refractivity contribution is 8.02. The van der Waals surface area contributed by atoms with E-state index in [1.807, 2.05) is 0 Å². The number of nitrogens with zero attached hydrogens (tertiary/aromatic N) is 3. The molecule has 12 heteroatoms. The minimum Gasteiger partial charge on any atom is -0.406 e. The quantitative estimate of drug-likeness (QED) is 0.510. The van der Waals surface area contributed by atoms with Crippen molar-refractivity contribution in [2.75, 3.05) is 10.2 Å². The monoisotopic (exact) mass is 446 g/mol. The summed E-state index contributed by atoms with van der Waals surface area (Å²) in [5, 5.41) is 10.7. The van der Waals surface area contributed by atoms with Gasteiger partial charge >= 0.3 is 6.36 Å². The first kappa shape index (κ1) is 21.4. The summed E-state index contributed by atoms with van der Waals surface area (Å²) in [6, 6.07) is 5.04. The average molecular weight is 446 g/mol. The van der Waals surface area contributed by atoms with Crippen molar-refractivity contribution in [2.45, 2.75) is 48.7 Å². The van der Waals surface area contributed by atoms with Crippen LogP contribution in [0.4, 0.5) is 24.0 Å². The molecule has 1 unspecified atom stereocenters. The van der Waals surface area contributed by atoms with Crippen LogP contribution < -0.4 is 15.0 Å². The predicted octanol–water partition coefficient (Wildman–Crippen LogP) is 4.07. The Morgan fingerprint density at radius 1 is 1.28 bits per heavy atom. The zero-order chi connectivity index (χ0) is 21.2. The Hall–Kier alpha value is -2.34. The molecule has 1 saturated carbocycles. The number of thioether (sulfide) groups is 1. The largest absolute Gasteiger partial charge is 0.573 e. The summed E-state index contributed by atoms with van der Waals surface area (Å²) in [7, 11) is 0. The van der Waals surface area contributed by atoms with Gasteiger partial charge in [0.15, 0.2) is 4.34 Å². The summed E-state index contributed by atoms with van der Waals surface area (Å²) in [6.07, 6.45) is -2.89. The lowest BCUT2D eigenvalue weighted by Crippen LogP contribution is -2.30. The summed E-state index contributed by atoms with van der Waals surface area (Å²) in [4.78, 5) is 25.8. The van der Waals surface area contributed by atoms with Crippen LogP contribution in [0.25, 0.3) is 0 Å². The number of anilines is 2. The molecule has 7 nitrogen and oxygen atoms in total. The number of alkyl halides is 3. The fraction of sp³-hybridized carbons (Fsp3) is 0.412. The number of carbonyl (C=O) groups is 2. The van der Waals surface area contributed by atoms with Crippen molar-refractivity contribution in [3.63, 3.8) is 0 Å². The molecule has 0 bridgehead atoms. The van der Waals surface area contributed by atoms with Crippen LogP contribution in [-0.4, -0.2) is 39.7 Å². The van der Waals surface area contributed by atoms with Crippen molar-refractivity contribution in [3.8, 4) is 5.75 Å². The van der Waals surface area contributed by atoms with E-state index in [-0.39, 0.29) is 23.6 Å². The van der Waals surface area contributed by atoms with Gasteiger partial charge in [0.05, 0.1) is 5.25 Å². The van der Waals surface area contributed by atoms with Crippen molar-refractivity contribution in [3.05, 3.63) is 24.3 Å². The minimum absolute atomic E-state index is 0.0936. The molecular formula is C17H17F3N4O3S2. The summed E-state index contributed by atoms with van der Waals surface area (Å²) in [6.45, 7) is 3.15. The number of hydrogen-bond acceptors (Lipinski definition) is 7. The first-order valence-corrected chi connectivity index (χ1v) is 10.3. The molecule has 0 spiro atoms. The van der Waals surface area contributed by atoms with Gasteiger partial charge in [0.25, 0.3) is 0 Å². The van der Waals surface area contributed by atoms with E-state index in [4.69, 9.17) is 0 Å². The number of benzene rings is 1. The van der Waals surface area contributed by atoms with Gasteiger partial charge in [-0.15, -0.1) is 23.4 Å². The standard InChI is InChI=1S/C17H17F3N4O3S2/c1-9(14(26)21-11-3-7-13(8-4-11)27-17(18,19)20)28-16-23-22-15(29-16)24(10(2)25)12-5-6-12/h3-4,7-9,12H,5-6H2,1-2H3,(H,21,26). The predicted molar refractivity (Wildman–Crippen MR) is 103 cm³/mol. The third kappa shape index (κ3) is 6.07. The van der Waals surface area contributed by atoms with Gasteiger partial charge in [-0.1, -0.05) is 23.1 Å². The number of amides is 2. The molecule has 1 aromatic heterocycles. The van der Waals surface area contributed by atoms with Gasteiger partial charge in [-0.25, -0.2) is 0 Å². The molecule has 156 valence electrons. The topological polar surface area (TPSA) is 84.4 Å². The molecule has 1 aliphatic carbocycles. The number of nitrogens with one attached hydrogen (secondary N) is 1.